The summed E-state index contributed by atoms with van der Waals surface area (Å²) in [5.74, 6) is -0.274. The fourth-order valence-electron chi connectivity index (χ4n) is 1.69. The minimum atomic E-state index is -0.274. The third-order valence-electron chi connectivity index (χ3n) is 2.69. The first-order chi connectivity index (χ1) is 9.08. The Bertz CT molecular complexity index is 620. The lowest BCUT2D eigenvalue weighted by molar-refractivity contribution is 0.101. The zero-order valence-corrected chi connectivity index (χ0v) is 12.5. The molecule has 0 aliphatic carbocycles. The lowest BCUT2D eigenvalue weighted by Crippen LogP contribution is -2.15. The number of halogens is 1. The molecule has 0 fully saturated rings. The maximum atomic E-state index is 12.2. The van der Waals surface area contributed by atoms with Crippen LogP contribution in [0.5, 0.6) is 0 Å². The van der Waals surface area contributed by atoms with Crippen molar-refractivity contribution in [3.05, 3.63) is 65.2 Å². The van der Waals surface area contributed by atoms with Gasteiger partial charge in [-0.3, -0.25) is 9.59 Å². The van der Waals surface area contributed by atoms with Gasteiger partial charge in [0.2, 0.25) is 3.79 Å². The van der Waals surface area contributed by atoms with Gasteiger partial charge in [-0.1, -0.05) is 29.8 Å². The predicted octanol–water partition coefficient (Wildman–Crippen LogP) is 3.82. The van der Waals surface area contributed by atoms with Gasteiger partial charge in [-0.05, 0) is 31.2 Å². The molecule has 0 bridgehead atoms. The van der Waals surface area contributed by atoms with Crippen LogP contribution < -0.4 is 5.32 Å². The number of rotatable bonds is 3. The van der Waals surface area contributed by atoms with Crippen molar-refractivity contribution >= 4 is 38.0 Å². The van der Waals surface area contributed by atoms with Gasteiger partial charge < -0.3 is 5.32 Å². The quantitative estimate of drug-likeness (QED) is 0.664. The molecule has 2 aromatic rings. The van der Waals surface area contributed by atoms with Gasteiger partial charge in [-0.25, -0.2) is 0 Å². The molecular weight excluding hydrogens is 353 g/mol. The van der Waals surface area contributed by atoms with Crippen LogP contribution in [0.2, 0.25) is 0 Å². The summed E-state index contributed by atoms with van der Waals surface area (Å²) in [5, 5.41) is 2.79. The van der Waals surface area contributed by atoms with E-state index in [4.69, 9.17) is 0 Å². The molecule has 0 unspecified atom stereocenters. The van der Waals surface area contributed by atoms with E-state index in [2.05, 4.69) is 5.32 Å². The number of hydrogen-bond acceptors (Lipinski definition) is 2. The summed E-state index contributed by atoms with van der Waals surface area (Å²) >= 11 is 1.68. The second-order valence-electron chi connectivity index (χ2n) is 4.14. The molecule has 4 heteroatoms. The van der Waals surface area contributed by atoms with Crippen LogP contribution in [0.15, 0.2) is 48.5 Å². The zero-order chi connectivity index (χ0) is 13.8. The standard InChI is InChI=1S/C15H12INO2/c1-10-6-8-11(9-7-10)17-15(19)13-5-3-2-4-12(13)14(16)18/h2-9H,1H3,(H,17,19). The van der Waals surface area contributed by atoms with E-state index in [0.29, 0.717) is 16.8 Å². The molecule has 0 spiro atoms. The maximum absolute atomic E-state index is 12.2. The highest BCUT2D eigenvalue weighted by Crippen LogP contribution is 2.16. The van der Waals surface area contributed by atoms with Crippen molar-refractivity contribution in [3.8, 4) is 0 Å². The van der Waals surface area contributed by atoms with Gasteiger partial charge in [0.1, 0.15) is 0 Å². The predicted molar refractivity (Wildman–Crippen MR) is 83.9 cm³/mol. The van der Waals surface area contributed by atoms with Crippen molar-refractivity contribution in [3.63, 3.8) is 0 Å². The van der Waals surface area contributed by atoms with Crippen molar-refractivity contribution in [2.24, 2.45) is 0 Å². The molecule has 0 radical (unpaired) electrons. The molecule has 0 aliphatic heterocycles. The van der Waals surface area contributed by atoms with Crippen molar-refractivity contribution in [1.82, 2.24) is 0 Å². The number of aryl methyl sites for hydroxylation is 1. The number of nitrogens with one attached hydrogen (secondary N) is 1. The van der Waals surface area contributed by atoms with Crippen molar-refractivity contribution < 1.29 is 9.59 Å². The Hall–Kier alpha value is -1.69. The zero-order valence-electron chi connectivity index (χ0n) is 10.3. The van der Waals surface area contributed by atoms with E-state index in [0.717, 1.165) is 5.56 Å². The van der Waals surface area contributed by atoms with Crippen molar-refractivity contribution in [1.29, 1.82) is 0 Å². The molecule has 96 valence electrons. The van der Waals surface area contributed by atoms with Gasteiger partial charge in [0.25, 0.3) is 5.91 Å². The molecule has 19 heavy (non-hydrogen) atoms. The lowest BCUT2D eigenvalue weighted by atomic mass is 10.1. The normalized spacial score (nSPS) is 10.0. The number of hydrogen-bond donors (Lipinski definition) is 1. The van der Waals surface area contributed by atoms with Gasteiger partial charge in [0.15, 0.2) is 0 Å². The number of amides is 1. The molecule has 3 nitrogen and oxygen atoms in total. The summed E-state index contributed by atoms with van der Waals surface area (Å²) < 4.78 is -0.146. The van der Waals surface area contributed by atoms with E-state index < -0.39 is 0 Å². The van der Waals surface area contributed by atoms with E-state index in [9.17, 15) is 9.59 Å². The monoisotopic (exact) mass is 365 g/mol. The van der Waals surface area contributed by atoms with Crippen molar-refractivity contribution in [2.45, 2.75) is 6.92 Å². The first-order valence-corrected chi connectivity index (χ1v) is 6.82. The van der Waals surface area contributed by atoms with Crippen molar-refractivity contribution in [2.75, 3.05) is 5.32 Å². The van der Waals surface area contributed by atoms with Gasteiger partial charge in [0, 0.05) is 33.8 Å². The molecule has 0 aromatic heterocycles. The SMILES string of the molecule is Cc1ccc(NC(=O)c2ccccc2C(=O)I)cc1. The highest BCUT2D eigenvalue weighted by molar-refractivity contribution is 14.1. The second-order valence-corrected chi connectivity index (χ2v) is 5.12. The Labute approximate surface area is 125 Å². The number of carbonyl (C=O) groups excluding carboxylic acids is 2. The smallest absolute Gasteiger partial charge is 0.256 e. The molecular formula is C15H12INO2. The molecule has 0 aliphatic rings. The summed E-state index contributed by atoms with van der Waals surface area (Å²) in [6.07, 6.45) is 0. The van der Waals surface area contributed by atoms with Gasteiger partial charge in [0.05, 0.1) is 5.56 Å². The lowest BCUT2D eigenvalue weighted by Gasteiger charge is -2.08. The van der Waals surface area contributed by atoms with Crippen LogP contribution in [-0.2, 0) is 0 Å². The minimum Gasteiger partial charge on any atom is -0.322 e. The average molecular weight is 365 g/mol. The van der Waals surface area contributed by atoms with Crippen LogP contribution >= 0.6 is 22.6 Å². The molecule has 0 atom stereocenters. The van der Waals surface area contributed by atoms with Crippen LogP contribution in [-0.4, -0.2) is 9.70 Å². The Morgan fingerprint density at radius 3 is 2.11 bits per heavy atom. The second kappa shape index (κ2) is 5.97. The van der Waals surface area contributed by atoms with E-state index >= 15 is 0 Å². The van der Waals surface area contributed by atoms with Gasteiger partial charge in [-0.15, -0.1) is 0 Å². The third-order valence-corrected chi connectivity index (χ3v) is 3.27. The van der Waals surface area contributed by atoms with Crippen LogP contribution in [0.4, 0.5) is 5.69 Å². The Morgan fingerprint density at radius 1 is 0.947 bits per heavy atom. The topological polar surface area (TPSA) is 46.2 Å². The van der Waals surface area contributed by atoms with E-state index in [1.165, 1.54) is 0 Å². The van der Waals surface area contributed by atoms with Crippen LogP contribution in [0.1, 0.15) is 26.3 Å². The average Bonchev–Trinajstić information content (AvgIpc) is 2.41. The van der Waals surface area contributed by atoms with E-state index in [1.54, 1.807) is 46.9 Å². The van der Waals surface area contributed by atoms with Crippen LogP contribution in [0.25, 0.3) is 0 Å². The summed E-state index contributed by atoms with van der Waals surface area (Å²) in [6.45, 7) is 1.98. The highest BCUT2D eigenvalue weighted by Gasteiger charge is 2.14. The summed E-state index contributed by atoms with van der Waals surface area (Å²) in [4.78, 5) is 23.6. The molecule has 0 saturated heterocycles. The Kier molecular flexibility index (Phi) is 4.31. The minimum absolute atomic E-state index is 0.146. The van der Waals surface area contributed by atoms with E-state index in [1.807, 2.05) is 31.2 Å². The van der Waals surface area contributed by atoms with Crippen LogP contribution in [0.3, 0.4) is 0 Å². The molecule has 1 amide bonds. The third kappa shape index (κ3) is 3.41. The van der Waals surface area contributed by atoms with Gasteiger partial charge in [-0.2, -0.15) is 0 Å². The largest absolute Gasteiger partial charge is 0.322 e. The first-order valence-electron chi connectivity index (χ1n) is 5.75. The summed E-state index contributed by atoms with van der Waals surface area (Å²) in [5.41, 5.74) is 2.65. The first kappa shape index (κ1) is 13.7. The van der Waals surface area contributed by atoms with E-state index in [-0.39, 0.29) is 9.70 Å². The summed E-state index contributed by atoms with van der Waals surface area (Å²) in [7, 11) is 0. The Balaban J connectivity index is 2.25. The fraction of sp³-hybridized carbons (Fsp3) is 0.0667. The Morgan fingerprint density at radius 2 is 1.53 bits per heavy atom. The number of anilines is 1. The molecule has 1 N–H and O–H groups in total. The molecule has 0 heterocycles. The highest BCUT2D eigenvalue weighted by atomic mass is 127. The fourth-order valence-corrected chi connectivity index (χ4v) is 2.16. The molecule has 2 rings (SSSR count). The maximum Gasteiger partial charge on any atom is 0.256 e. The molecule has 2 aromatic carbocycles. The van der Waals surface area contributed by atoms with Crippen LogP contribution in [0, 0.1) is 6.92 Å². The number of benzene rings is 2. The number of carbonyl (C=O) groups is 2. The molecule has 0 saturated carbocycles. The van der Waals surface area contributed by atoms with Gasteiger partial charge >= 0.3 is 0 Å². The summed E-state index contributed by atoms with van der Waals surface area (Å²) in [6, 6.07) is 14.3.